The molecule has 0 bridgehead atoms. The number of hydrogen-bond acceptors (Lipinski definition) is 4. The van der Waals surface area contributed by atoms with Gasteiger partial charge in [-0.25, -0.2) is 4.98 Å². The fourth-order valence-electron chi connectivity index (χ4n) is 4.74. The van der Waals surface area contributed by atoms with Crippen LogP contribution in [0.25, 0.3) is 0 Å². The number of amides is 2. The third-order valence-electron chi connectivity index (χ3n) is 6.67. The molecule has 0 aromatic carbocycles. The maximum absolute atomic E-state index is 12.7. The topological polar surface area (TPSA) is 86.4 Å². The van der Waals surface area contributed by atoms with Gasteiger partial charge in [-0.05, 0) is 38.5 Å². The van der Waals surface area contributed by atoms with Crippen molar-refractivity contribution in [2.45, 2.75) is 71.1 Å². The standard InChI is InChI=1S/C23H34N4O3/c1-23(2,3)22(30)27-10-4-5-17(14-27)18-13-19(28)25-20(24-18)15-8-11-26(12-9-15)21(29)16-6-7-16/h13,15-17H,4-12,14H2,1-3H3,(H,24,25,28)/t17-/m0/s1. The van der Waals surface area contributed by atoms with Crippen LogP contribution >= 0.6 is 0 Å². The zero-order chi connectivity index (χ0) is 21.5. The largest absolute Gasteiger partial charge is 0.342 e. The van der Waals surface area contributed by atoms with Gasteiger partial charge < -0.3 is 14.8 Å². The Bertz CT molecular complexity index is 860. The van der Waals surface area contributed by atoms with Crippen LogP contribution in [0.4, 0.5) is 0 Å². The zero-order valence-electron chi connectivity index (χ0n) is 18.4. The Morgan fingerprint density at radius 2 is 1.70 bits per heavy atom. The number of aromatic amines is 1. The Morgan fingerprint density at radius 3 is 2.33 bits per heavy atom. The van der Waals surface area contributed by atoms with Crippen LogP contribution in [0.15, 0.2) is 10.9 Å². The molecule has 1 aliphatic carbocycles. The van der Waals surface area contributed by atoms with Crippen molar-refractivity contribution < 1.29 is 9.59 Å². The van der Waals surface area contributed by atoms with E-state index in [-0.39, 0.29) is 29.2 Å². The third-order valence-corrected chi connectivity index (χ3v) is 6.67. The number of rotatable bonds is 3. The van der Waals surface area contributed by atoms with Crippen molar-refractivity contribution in [2.75, 3.05) is 26.2 Å². The normalized spacial score (nSPS) is 23.5. The monoisotopic (exact) mass is 414 g/mol. The second-order valence-corrected chi connectivity index (χ2v) is 10.3. The summed E-state index contributed by atoms with van der Waals surface area (Å²) in [5.74, 6) is 1.74. The van der Waals surface area contributed by atoms with Gasteiger partial charge in [0, 0.05) is 55.4 Å². The highest BCUT2D eigenvalue weighted by atomic mass is 16.2. The molecule has 3 heterocycles. The molecule has 2 saturated heterocycles. The van der Waals surface area contributed by atoms with E-state index in [1.165, 1.54) is 0 Å². The third kappa shape index (κ3) is 4.60. The molecule has 30 heavy (non-hydrogen) atoms. The fourth-order valence-corrected chi connectivity index (χ4v) is 4.74. The van der Waals surface area contributed by atoms with Crippen molar-refractivity contribution in [3.8, 4) is 0 Å². The van der Waals surface area contributed by atoms with Crippen molar-refractivity contribution in [1.82, 2.24) is 19.8 Å². The molecular weight excluding hydrogens is 380 g/mol. The van der Waals surface area contributed by atoms with Crippen LogP contribution < -0.4 is 5.56 Å². The van der Waals surface area contributed by atoms with E-state index < -0.39 is 5.41 Å². The maximum atomic E-state index is 12.7. The molecule has 4 rings (SSSR count). The molecule has 1 atom stereocenters. The Balaban J connectivity index is 1.45. The predicted octanol–water partition coefficient (Wildman–Crippen LogP) is 2.64. The van der Waals surface area contributed by atoms with Crippen LogP contribution in [-0.2, 0) is 9.59 Å². The first kappa shape index (κ1) is 21.1. The molecule has 0 spiro atoms. The van der Waals surface area contributed by atoms with Gasteiger partial charge >= 0.3 is 0 Å². The lowest BCUT2D eigenvalue weighted by molar-refractivity contribution is -0.140. The average Bonchev–Trinajstić information content (AvgIpc) is 3.57. The second kappa shape index (κ2) is 8.16. The molecule has 0 radical (unpaired) electrons. The number of nitrogens with one attached hydrogen (secondary N) is 1. The summed E-state index contributed by atoms with van der Waals surface area (Å²) < 4.78 is 0. The molecule has 7 nitrogen and oxygen atoms in total. The molecular formula is C23H34N4O3. The van der Waals surface area contributed by atoms with Crippen LogP contribution in [0.2, 0.25) is 0 Å². The van der Waals surface area contributed by atoms with Gasteiger partial charge in [0.2, 0.25) is 11.8 Å². The number of likely N-dealkylation sites (tertiary alicyclic amines) is 2. The predicted molar refractivity (Wildman–Crippen MR) is 114 cm³/mol. The van der Waals surface area contributed by atoms with Crippen LogP contribution in [0, 0.1) is 11.3 Å². The lowest BCUT2D eigenvalue weighted by Gasteiger charge is -2.36. The van der Waals surface area contributed by atoms with Crippen molar-refractivity contribution in [3.05, 3.63) is 27.9 Å². The molecule has 1 N–H and O–H groups in total. The Morgan fingerprint density at radius 1 is 1.00 bits per heavy atom. The lowest BCUT2D eigenvalue weighted by Crippen LogP contribution is -2.45. The van der Waals surface area contributed by atoms with Crippen molar-refractivity contribution in [1.29, 1.82) is 0 Å². The fraction of sp³-hybridized carbons (Fsp3) is 0.739. The van der Waals surface area contributed by atoms with Gasteiger partial charge in [-0.3, -0.25) is 14.4 Å². The van der Waals surface area contributed by atoms with Crippen LogP contribution in [0.3, 0.4) is 0 Å². The summed E-state index contributed by atoms with van der Waals surface area (Å²) in [5.41, 5.74) is 0.281. The first-order valence-electron chi connectivity index (χ1n) is 11.4. The molecule has 1 aromatic rings. The smallest absolute Gasteiger partial charge is 0.251 e. The number of aromatic nitrogens is 2. The molecule has 1 saturated carbocycles. The molecule has 3 fully saturated rings. The highest BCUT2D eigenvalue weighted by Gasteiger charge is 2.36. The van der Waals surface area contributed by atoms with E-state index in [0.717, 1.165) is 69.7 Å². The summed E-state index contributed by atoms with van der Waals surface area (Å²) in [6.45, 7) is 8.72. The minimum atomic E-state index is -0.402. The molecule has 2 aliphatic heterocycles. The number of carbonyl (C=O) groups is 2. The Hall–Kier alpha value is -2.18. The van der Waals surface area contributed by atoms with Crippen molar-refractivity contribution in [2.24, 2.45) is 11.3 Å². The highest BCUT2D eigenvalue weighted by molar-refractivity contribution is 5.82. The minimum Gasteiger partial charge on any atom is -0.342 e. The van der Waals surface area contributed by atoms with Gasteiger partial charge in [0.15, 0.2) is 0 Å². The van der Waals surface area contributed by atoms with E-state index in [1.54, 1.807) is 6.07 Å². The lowest BCUT2D eigenvalue weighted by atomic mass is 9.89. The van der Waals surface area contributed by atoms with Gasteiger partial charge in [0.05, 0.1) is 5.69 Å². The van der Waals surface area contributed by atoms with E-state index >= 15 is 0 Å². The SMILES string of the molecule is CC(C)(C)C(=O)N1CCC[C@H](c2cc(=O)[nH]c(C3CCN(C(=O)C4CC4)CC3)n2)C1. The summed E-state index contributed by atoms with van der Waals surface area (Å²) in [5, 5.41) is 0. The summed E-state index contributed by atoms with van der Waals surface area (Å²) in [4.78, 5) is 49.1. The number of piperidine rings is 2. The molecule has 164 valence electrons. The summed E-state index contributed by atoms with van der Waals surface area (Å²) in [6, 6.07) is 1.60. The van der Waals surface area contributed by atoms with Gasteiger partial charge in [0.1, 0.15) is 5.82 Å². The summed E-state index contributed by atoms with van der Waals surface area (Å²) in [6.07, 6.45) is 5.61. The Kier molecular flexibility index (Phi) is 5.73. The maximum Gasteiger partial charge on any atom is 0.251 e. The minimum absolute atomic E-state index is 0.0997. The summed E-state index contributed by atoms with van der Waals surface area (Å²) in [7, 11) is 0. The Labute approximate surface area is 178 Å². The number of nitrogens with zero attached hydrogens (tertiary/aromatic N) is 3. The van der Waals surface area contributed by atoms with E-state index in [1.807, 2.05) is 30.6 Å². The summed E-state index contributed by atoms with van der Waals surface area (Å²) >= 11 is 0. The number of carbonyl (C=O) groups excluding carboxylic acids is 2. The highest BCUT2D eigenvalue weighted by Crippen LogP contribution is 2.34. The van der Waals surface area contributed by atoms with E-state index in [9.17, 15) is 14.4 Å². The molecule has 3 aliphatic rings. The quantitative estimate of drug-likeness (QED) is 0.824. The first-order chi connectivity index (χ1) is 14.2. The van der Waals surface area contributed by atoms with Crippen molar-refractivity contribution in [3.63, 3.8) is 0 Å². The average molecular weight is 415 g/mol. The first-order valence-corrected chi connectivity index (χ1v) is 11.4. The van der Waals surface area contributed by atoms with Gasteiger partial charge in [-0.2, -0.15) is 0 Å². The van der Waals surface area contributed by atoms with Crippen LogP contribution in [-0.4, -0.2) is 57.8 Å². The van der Waals surface area contributed by atoms with E-state index in [0.29, 0.717) is 12.5 Å². The van der Waals surface area contributed by atoms with Gasteiger partial charge in [-0.15, -0.1) is 0 Å². The van der Waals surface area contributed by atoms with Gasteiger partial charge in [-0.1, -0.05) is 20.8 Å². The zero-order valence-corrected chi connectivity index (χ0v) is 18.4. The van der Waals surface area contributed by atoms with Crippen LogP contribution in [0.5, 0.6) is 0 Å². The molecule has 1 aromatic heterocycles. The second-order valence-electron chi connectivity index (χ2n) is 10.3. The van der Waals surface area contributed by atoms with Gasteiger partial charge in [0.25, 0.3) is 5.56 Å². The molecule has 7 heteroatoms. The van der Waals surface area contributed by atoms with E-state index in [4.69, 9.17) is 4.98 Å². The van der Waals surface area contributed by atoms with E-state index in [2.05, 4.69) is 4.98 Å². The number of hydrogen-bond donors (Lipinski definition) is 1. The molecule has 2 amide bonds. The molecule has 0 unspecified atom stereocenters. The van der Waals surface area contributed by atoms with Crippen molar-refractivity contribution >= 4 is 11.8 Å². The van der Waals surface area contributed by atoms with Crippen LogP contribution in [0.1, 0.15) is 82.7 Å². The number of H-pyrrole nitrogens is 1.